The van der Waals surface area contributed by atoms with Crippen LogP contribution in [0, 0.1) is 20.8 Å². The molecular formula is C15H18OS. The lowest BCUT2D eigenvalue weighted by Crippen LogP contribution is -2.02. The summed E-state index contributed by atoms with van der Waals surface area (Å²) in [6, 6.07) is 8.48. The summed E-state index contributed by atoms with van der Waals surface area (Å²) in [5.74, 6) is 0. The minimum Gasteiger partial charge on any atom is -0.388 e. The highest BCUT2D eigenvalue weighted by Gasteiger charge is 2.12. The molecule has 1 atom stereocenters. The maximum absolute atomic E-state index is 10.2. The minimum absolute atomic E-state index is 0.387. The van der Waals surface area contributed by atoms with Gasteiger partial charge in [-0.2, -0.15) is 0 Å². The Morgan fingerprint density at radius 1 is 1.12 bits per heavy atom. The van der Waals surface area contributed by atoms with Crippen molar-refractivity contribution in [1.82, 2.24) is 0 Å². The summed E-state index contributed by atoms with van der Waals surface area (Å²) in [4.78, 5) is 1.21. The van der Waals surface area contributed by atoms with Gasteiger partial charge in [0.15, 0.2) is 0 Å². The van der Waals surface area contributed by atoms with Crippen LogP contribution in [0.3, 0.4) is 0 Å². The third-order valence-electron chi connectivity index (χ3n) is 2.97. The van der Waals surface area contributed by atoms with Crippen LogP contribution in [0.25, 0.3) is 0 Å². The van der Waals surface area contributed by atoms with Crippen LogP contribution in [0.2, 0.25) is 0 Å². The molecular weight excluding hydrogens is 228 g/mol. The standard InChI is InChI=1S/C15H18OS/c1-10-6-11(2)8-13(7-10)9-15(16)14-4-5-17-12(14)3/h4-8,15-16H,9H2,1-3H3. The Kier molecular flexibility index (Phi) is 3.65. The Labute approximate surface area is 107 Å². The first kappa shape index (κ1) is 12.3. The summed E-state index contributed by atoms with van der Waals surface area (Å²) in [7, 11) is 0. The zero-order chi connectivity index (χ0) is 12.4. The third-order valence-corrected chi connectivity index (χ3v) is 3.83. The molecule has 2 aromatic rings. The first-order valence-electron chi connectivity index (χ1n) is 5.85. The number of hydrogen-bond donors (Lipinski definition) is 1. The van der Waals surface area contributed by atoms with E-state index in [0.717, 1.165) is 5.56 Å². The molecule has 1 aromatic heterocycles. The van der Waals surface area contributed by atoms with E-state index in [9.17, 15) is 5.11 Å². The summed E-state index contributed by atoms with van der Waals surface area (Å²) in [6.07, 6.45) is 0.308. The molecule has 90 valence electrons. The topological polar surface area (TPSA) is 20.2 Å². The zero-order valence-electron chi connectivity index (χ0n) is 10.5. The van der Waals surface area contributed by atoms with Gasteiger partial charge in [-0.25, -0.2) is 0 Å². The Bertz CT molecular complexity index is 493. The molecule has 0 amide bonds. The van der Waals surface area contributed by atoms with E-state index in [1.807, 2.05) is 11.4 Å². The van der Waals surface area contributed by atoms with Crippen molar-refractivity contribution in [2.24, 2.45) is 0 Å². The van der Waals surface area contributed by atoms with E-state index in [-0.39, 0.29) is 6.10 Å². The van der Waals surface area contributed by atoms with Crippen molar-refractivity contribution in [2.75, 3.05) is 0 Å². The average molecular weight is 246 g/mol. The van der Waals surface area contributed by atoms with Gasteiger partial charge in [-0.15, -0.1) is 11.3 Å². The van der Waals surface area contributed by atoms with Gasteiger partial charge < -0.3 is 5.11 Å². The first-order chi connectivity index (χ1) is 8.06. The predicted molar refractivity (Wildman–Crippen MR) is 73.6 cm³/mol. The molecule has 1 unspecified atom stereocenters. The van der Waals surface area contributed by atoms with Gasteiger partial charge in [-0.05, 0) is 43.3 Å². The largest absolute Gasteiger partial charge is 0.388 e. The second kappa shape index (κ2) is 5.03. The van der Waals surface area contributed by atoms with Crippen LogP contribution in [0.5, 0.6) is 0 Å². The van der Waals surface area contributed by atoms with Crippen molar-refractivity contribution >= 4 is 11.3 Å². The molecule has 0 aliphatic carbocycles. The van der Waals surface area contributed by atoms with Gasteiger partial charge in [0, 0.05) is 11.3 Å². The summed E-state index contributed by atoms with van der Waals surface area (Å²) in [6.45, 7) is 6.25. The Hall–Kier alpha value is -1.12. The minimum atomic E-state index is -0.387. The van der Waals surface area contributed by atoms with Gasteiger partial charge in [0.25, 0.3) is 0 Å². The molecule has 2 heteroatoms. The molecule has 1 aromatic carbocycles. The van der Waals surface area contributed by atoms with Gasteiger partial charge in [0.2, 0.25) is 0 Å². The molecule has 17 heavy (non-hydrogen) atoms. The lowest BCUT2D eigenvalue weighted by atomic mass is 9.99. The smallest absolute Gasteiger partial charge is 0.0840 e. The van der Waals surface area contributed by atoms with Crippen molar-refractivity contribution in [3.8, 4) is 0 Å². The molecule has 1 nitrogen and oxygen atoms in total. The number of benzene rings is 1. The molecule has 1 N–H and O–H groups in total. The maximum Gasteiger partial charge on any atom is 0.0840 e. The summed E-state index contributed by atoms with van der Waals surface area (Å²) in [5, 5.41) is 12.3. The molecule has 0 aliphatic rings. The second-order valence-corrected chi connectivity index (χ2v) is 5.77. The molecule has 0 fully saturated rings. The average Bonchev–Trinajstić information content (AvgIpc) is 2.62. The monoisotopic (exact) mass is 246 g/mol. The maximum atomic E-state index is 10.2. The van der Waals surface area contributed by atoms with E-state index in [2.05, 4.69) is 39.0 Å². The quantitative estimate of drug-likeness (QED) is 0.869. The van der Waals surface area contributed by atoms with E-state index < -0.39 is 0 Å². The Morgan fingerprint density at radius 3 is 2.29 bits per heavy atom. The summed E-state index contributed by atoms with van der Waals surface area (Å²) in [5.41, 5.74) is 4.79. The van der Waals surface area contributed by atoms with E-state index in [4.69, 9.17) is 0 Å². The lowest BCUT2D eigenvalue weighted by Gasteiger charge is -2.12. The summed E-state index contributed by atoms with van der Waals surface area (Å²) >= 11 is 1.69. The van der Waals surface area contributed by atoms with Gasteiger partial charge >= 0.3 is 0 Å². The molecule has 0 aliphatic heterocycles. The number of aliphatic hydroxyl groups excluding tert-OH is 1. The number of rotatable bonds is 3. The summed E-state index contributed by atoms with van der Waals surface area (Å²) < 4.78 is 0. The zero-order valence-corrected chi connectivity index (χ0v) is 11.3. The van der Waals surface area contributed by atoms with Crippen LogP contribution in [-0.2, 0) is 6.42 Å². The van der Waals surface area contributed by atoms with Crippen LogP contribution >= 0.6 is 11.3 Å². The highest BCUT2D eigenvalue weighted by molar-refractivity contribution is 7.10. The molecule has 0 saturated carbocycles. The van der Waals surface area contributed by atoms with E-state index in [1.165, 1.54) is 21.6 Å². The van der Waals surface area contributed by atoms with Crippen molar-refractivity contribution in [3.63, 3.8) is 0 Å². The first-order valence-corrected chi connectivity index (χ1v) is 6.73. The van der Waals surface area contributed by atoms with Crippen LogP contribution < -0.4 is 0 Å². The fraction of sp³-hybridized carbons (Fsp3) is 0.333. The van der Waals surface area contributed by atoms with E-state index >= 15 is 0 Å². The predicted octanol–water partition coefficient (Wildman–Crippen LogP) is 3.95. The van der Waals surface area contributed by atoms with Gasteiger partial charge in [0.05, 0.1) is 6.10 Å². The van der Waals surface area contributed by atoms with Crippen molar-refractivity contribution in [2.45, 2.75) is 33.3 Å². The normalized spacial score (nSPS) is 12.7. The van der Waals surface area contributed by atoms with Crippen molar-refractivity contribution < 1.29 is 5.11 Å². The van der Waals surface area contributed by atoms with Gasteiger partial charge in [-0.1, -0.05) is 29.3 Å². The Balaban J connectivity index is 2.18. The van der Waals surface area contributed by atoms with Gasteiger partial charge in [-0.3, -0.25) is 0 Å². The SMILES string of the molecule is Cc1cc(C)cc(CC(O)c2ccsc2C)c1. The molecule has 1 heterocycles. The lowest BCUT2D eigenvalue weighted by molar-refractivity contribution is 0.178. The third kappa shape index (κ3) is 2.96. The highest BCUT2D eigenvalue weighted by Crippen LogP contribution is 2.25. The molecule has 0 radical (unpaired) electrons. The number of aliphatic hydroxyl groups is 1. The van der Waals surface area contributed by atoms with E-state index in [1.54, 1.807) is 11.3 Å². The second-order valence-electron chi connectivity index (χ2n) is 4.65. The van der Waals surface area contributed by atoms with Crippen LogP contribution in [0.1, 0.15) is 33.2 Å². The van der Waals surface area contributed by atoms with Crippen molar-refractivity contribution in [1.29, 1.82) is 0 Å². The molecule has 2 rings (SSSR count). The van der Waals surface area contributed by atoms with Crippen LogP contribution in [0.15, 0.2) is 29.6 Å². The highest BCUT2D eigenvalue weighted by atomic mass is 32.1. The number of thiophene rings is 1. The van der Waals surface area contributed by atoms with Crippen molar-refractivity contribution in [3.05, 3.63) is 56.8 Å². The van der Waals surface area contributed by atoms with Gasteiger partial charge in [0.1, 0.15) is 0 Å². The Morgan fingerprint density at radius 2 is 1.76 bits per heavy atom. The van der Waals surface area contributed by atoms with Crippen LogP contribution in [-0.4, -0.2) is 5.11 Å². The fourth-order valence-corrected chi connectivity index (χ4v) is 3.02. The van der Waals surface area contributed by atoms with E-state index in [0.29, 0.717) is 6.42 Å². The number of hydrogen-bond acceptors (Lipinski definition) is 2. The number of aryl methyl sites for hydroxylation is 3. The molecule has 0 spiro atoms. The van der Waals surface area contributed by atoms with Crippen LogP contribution in [0.4, 0.5) is 0 Å². The fourth-order valence-electron chi connectivity index (χ4n) is 2.26. The molecule has 0 bridgehead atoms. The molecule has 0 saturated heterocycles.